The van der Waals surface area contributed by atoms with Gasteiger partial charge in [-0.3, -0.25) is 4.79 Å². The number of hydrogen-bond acceptors (Lipinski definition) is 5. The second kappa shape index (κ2) is 7.00. The normalized spacial score (nSPS) is 11.2. The van der Waals surface area contributed by atoms with Gasteiger partial charge < -0.3 is 15.2 Å². The van der Waals surface area contributed by atoms with E-state index in [2.05, 4.69) is 53.7 Å². The molecule has 0 unspecified atom stereocenters. The molecule has 2 aromatic heterocycles. The summed E-state index contributed by atoms with van der Waals surface area (Å²) in [6.45, 7) is 8.31. The number of rotatable bonds is 4. The van der Waals surface area contributed by atoms with E-state index in [0.29, 0.717) is 23.0 Å². The van der Waals surface area contributed by atoms with Crippen LogP contribution < -0.4 is 10.6 Å². The second-order valence-electron chi connectivity index (χ2n) is 7.16. The van der Waals surface area contributed by atoms with Crippen molar-refractivity contribution >= 4 is 23.2 Å². The molecule has 2 N–H and O–H groups in total. The minimum atomic E-state index is -0.285. The van der Waals surface area contributed by atoms with Crippen LogP contribution in [-0.4, -0.2) is 16.0 Å². The predicted molar refractivity (Wildman–Crippen MR) is 102 cm³/mol. The van der Waals surface area contributed by atoms with E-state index in [1.165, 1.54) is 11.8 Å². The van der Waals surface area contributed by atoms with Gasteiger partial charge in [-0.15, -0.1) is 0 Å². The third kappa shape index (κ3) is 4.27. The fourth-order valence-electron chi connectivity index (χ4n) is 2.42. The van der Waals surface area contributed by atoms with Crippen LogP contribution in [0.1, 0.15) is 42.5 Å². The molecule has 0 fully saturated rings. The van der Waals surface area contributed by atoms with Gasteiger partial charge in [-0.1, -0.05) is 38.1 Å². The van der Waals surface area contributed by atoms with Crippen molar-refractivity contribution in [3.8, 4) is 0 Å². The number of nitrogens with one attached hydrogen (secondary N) is 2. The van der Waals surface area contributed by atoms with Crippen LogP contribution in [0.2, 0.25) is 0 Å². The van der Waals surface area contributed by atoms with E-state index in [9.17, 15) is 4.79 Å². The Hall–Kier alpha value is -3.15. The van der Waals surface area contributed by atoms with Gasteiger partial charge in [0.15, 0.2) is 5.82 Å². The standard InChI is InChI=1S/C20H22N4O2/c1-13-11-18(24-26-13)23-19(25)14-5-10-17(21-12-14)22-16-8-6-15(7-9-16)20(2,3)4/h5-12H,1-4H3,(H,21,22)(H,23,24,25). The molecule has 3 aromatic rings. The molecule has 0 saturated carbocycles. The van der Waals surface area contributed by atoms with Gasteiger partial charge in [-0.05, 0) is 42.2 Å². The largest absolute Gasteiger partial charge is 0.360 e. The molecule has 0 saturated heterocycles. The van der Waals surface area contributed by atoms with Crippen LogP contribution in [0.3, 0.4) is 0 Å². The number of carbonyl (C=O) groups excluding carboxylic acids is 1. The molecule has 0 spiro atoms. The van der Waals surface area contributed by atoms with Gasteiger partial charge in [0.2, 0.25) is 0 Å². The molecular formula is C20H22N4O2. The Bertz CT molecular complexity index is 891. The fraction of sp³-hybridized carbons (Fsp3) is 0.250. The lowest BCUT2D eigenvalue weighted by atomic mass is 9.87. The van der Waals surface area contributed by atoms with Crippen molar-refractivity contribution in [2.24, 2.45) is 0 Å². The summed E-state index contributed by atoms with van der Waals surface area (Å²) in [6.07, 6.45) is 1.52. The van der Waals surface area contributed by atoms with Crippen LogP contribution in [-0.2, 0) is 5.41 Å². The van der Waals surface area contributed by atoms with E-state index in [1.54, 1.807) is 25.1 Å². The number of benzene rings is 1. The van der Waals surface area contributed by atoms with Crippen molar-refractivity contribution in [1.82, 2.24) is 10.1 Å². The number of anilines is 3. The molecule has 2 heterocycles. The summed E-state index contributed by atoms with van der Waals surface area (Å²) in [7, 11) is 0. The second-order valence-corrected chi connectivity index (χ2v) is 7.16. The highest BCUT2D eigenvalue weighted by Gasteiger charge is 2.13. The van der Waals surface area contributed by atoms with Crippen molar-refractivity contribution in [3.05, 3.63) is 65.5 Å². The highest BCUT2D eigenvalue weighted by Crippen LogP contribution is 2.24. The first-order valence-corrected chi connectivity index (χ1v) is 8.39. The molecule has 26 heavy (non-hydrogen) atoms. The monoisotopic (exact) mass is 350 g/mol. The highest BCUT2D eigenvalue weighted by molar-refractivity contribution is 6.03. The molecule has 0 radical (unpaired) electrons. The van der Waals surface area contributed by atoms with E-state index in [1.807, 2.05) is 12.1 Å². The molecule has 0 atom stereocenters. The summed E-state index contributed by atoms with van der Waals surface area (Å²) in [4.78, 5) is 16.5. The first-order chi connectivity index (χ1) is 12.3. The Morgan fingerprint density at radius 3 is 2.31 bits per heavy atom. The Balaban J connectivity index is 1.65. The number of nitrogens with zero attached hydrogens (tertiary/aromatic N) is 2. The number of pyridine rings is 1. The maximum Gasteiger partial charge on any atom is 0.258 e. The quantitative estimate of drug-likeness (QED) is 0.714. The predicted octanol–water partition coefficient (Wildman–Crippen LogP) is 4.67. The topological polar surface area (TPSA) is 80.0 Å². The minimum absolute atomic E-state index is 0.119. The lowest BCUT2D eigenvalue weighted by Gasteiger charge is -2.19. The van der Waals surface area contributed by atoms with Crippen molar-refractivity contribution in [2.75, 3.05) is 10.6 Å². The van der Waals surface area contributed by atoms with Crippen LogP contribution in [0.5, 0.6) is 0 Å². The van der Waals surface area contributed by atoms with Crippen molar-refractivity contribution in [3.63, 3.8) is 0 Å². The van der Waals surface area contributed by atoms with Crippen LogP contribution in [0.25, 0.3) is 0 Å². The van der Waals surface area contributed by atoms with Crippen molar-refractivity contribution in [1.29, 1.82) is 0 Å². The minimum Gasteiger partial charge on any atom is -0.360 e. The van der Waals surface area contributed by atoms with E-state index in [0.717, 1.165) is 5.69 Å². The number of aryl methyl sites for hydroxylation is 1. The summed E-state index contributed by atoms with van der Waals surface area (Å²) in [5.74, 6) is 1.40. The van der Waals surface area contributed by atoms with Crippen LogP contribution >= 0.6 is 0 Å². The van der Waals surface area contributed by atoms with Gasteiger partial charge in [0.1, 0.15) is 11.6 Å². The van der Waals surface area contributed by atoms with E-state index < -0.39 is 0 Å². The molecule has 0 aliphatic heterocycles. The zero-order valence-corrected chi connectivity index (χ0v) is 15.3. The first kappa shape index (κ1) is 17.7. The molecule has 1 amide bonds. The molecule has 0 aliphatic rings. The van der Waals surface area contributed by atoms with Gasteiger partial charge in [0.25, 0.3) is 5.91 Å². The molecule has 134 valence electrons. The SMILES string of the molecule is Cc1cc(NC(=O)c2ccc(Nc3ccc(C(C)(C)C)cc3)nc2)no1. The molecule has 1 aromatic carbocycles. The Kier molecular flexibility index (Phi) is 4.75. The average Bonchev–Trinajstić information content (AvgIpc) is 3.00. The van der Waals surface area contributed by atoms with Crippen LogP contribution in [0.4, 0.5) is 17.3 Å². The average molecular weight is 350 g/mol. The molecule has 0 bridgehead atoms. The van der Waals surface area contributed by atoms with Gasteiger partial charge in [-0.2, -0.15) is 0 Å². The van der Waals surface area contributed by atoms with Crippen LogP contribution in [0.15, 0.2) is 53.2 Å². The third-order valence-electron chi connectivity index (χ3n) is 3.92. The maximum atomic E-state index is 12.2. The van der Waals surface area contributed by atoms with Crippen molar-refractivity contribution < 1.29 is 9.32 Å². The van der Waals surface area contributed by atoms with Crippen molar-refractivity contribution in [2.45, 2.75) is 33.1 Å². The summed E-state index contributed by atoms with van der Waals surface area (Å²) >= 11 is 0. The smallest absolute Gasteiger partial charge is 0.258 e. The lowest BCUT2D eigenvalue weighted by molar-refractivity contribution is 0.102. The van der Waals surface area contributed by atoms with Gasteiger partial charge in [-0.25, -0.2) is 4.98 Å². The number of hydrogen-bond donors (Lipinski definition) is 2. The van der Waals surface area contributed by atoms with E-state index >= 15 is 0 Å². The summed E-state index contributed by atoms with van der Waals surface area (Å²) in [5.41, 5.74) is 2.78. The maximum absolute atomic E-state index is 12.2. The highest BCUT2D eigenvalue weighted by atomic mass is 16.5. The summed E-state index contributed by atoms with van der Waals surface area (Å²) in [5, 5.41) is 9.64. The molecule has 0 aliphatic carbocycles. The summed E-state index contributed by atoms with van der Waals surface area (Å²) in [6, 6.07) is 13.4. The number of aromatic nitrogens is 2. The van der Waals surface area contributed by atoms with E-state index in [4.69, 9.17) is 4.52 Å². The fourth-order valence-corrected chi connectivity index (χ4v) is 2.42. The van der Waals surface area contributed by atoms with Gasteiger partial charge >= 0.3 is 0 Å². The molecule has 6 nitrogen and oxygen atoms in total. The lowest BCUT2D eigenvalue weighted by Crippen LogP contribution is -2.12. The zero-order chi connectivity index (χ0) is 18.7. The Morgan fingerprint density at radius 2 is 1.77 bits per heavy atom. The van der Waals surface area contributed by atoms with E-state index in [-0.39, 0.29) is 11.3 Å². The van der Waals surface area contributed by atoms with Crippen LogP contribution in [0, 0.1) is 6.92 Å². The molecule has 6 heteroatoms. The third-order valence-corrected chi connectivity index (χ3v) is 3.92. The van der Waals surface area contributed by atoms with Gasteiger partial charge in [0.05, 0.1) is 5.56 Å². The molecular weight excluding hydrogens is 328 g/mol. The Morgan fingerprint density at radius 1 is 1.04 bits per heavy atom. The summed E-state index contributed by atoms with van der Waals surface area (Å²) < 4.78 is 4.93. The Labute approximate surface area is 152 Å². The number of amides is 1. The first-order valence-electron chi connectivity index (χ1n) is 8.39. The zero-order valence-electron chi connectivity index (χ0n) is 15.3. The molecule has 3 rings (SSSR count). The number of carbonyl (C=O) groups is 1. The van der Waals surface area contributed by atoms with Gasteiger partial charge in [0, 0.05) is 18.0 Å².